The number of hydrogen-bond donors (Lipinski definition) is 1. The van der Waals surface area contributed by atoms with Crippen LogP contribution in [0, 0.1) is 0 Å². The summed E-state index contributed by atoms with van der Waals surface area (Å²) in [5.74, 6) is 0.476. The van der Waals surface area contributed by atoms with Gasteiger partial charge in [-0.05, 0) is 45.4 Å². The Kier molecular flexibility index (Phi) is 4.33. The molecule has 6 heteroatoms. The number of hydrogen-bond acceptors (Lipinski definition) is 5. The lowest BCUT2D eigenvalue weighted by Gasteiger charge is -2.33. The van der Waals surface area contributed by atoms with Gasteiger partial charge in [-0.1, -0.05) is 11.3 Å². The zero-order chi connectivity index (χ0) is 14.8. The quantitative estimate of drug-likeness (QED) is 0.912. The number of carbonyl (C=O) groups is 1. The second kappa shape index (κ2) is 6.22. The minimum Gasteiger partial charge on any atom is -0.382 e. The Hall–Kier alpha value is -1.30. The van der Waals surface area contributed by atoms with E-state index in [1.54, 1.807) is 0 Å². The highest BCUT2D eigenvalue weighted by molar-refractivity contribution is 7.18. The van der Waals surface area contributed by atoms with Crippen LogP contribution in [0.3, 0.4) is 0 Å². The highest BCUT2D eigenvalue weighted by Crippen LogP contribution is 2.32. The highest BCUT2D eigenvalue weighted by Gasteiger charge is 2.28. The molecule has 0 saturated carbocycles. The SMILES string of the molecule is CC1CCCCN1C(=O)c1sc(N2CCCCC2)nc1N. The van der Waals surface area contributed by atoms with E-state index in [9.17, 15) is 4.79 Å². The maximum absolute atomic E-state index is 12.7. The molecule has 2 N–H and O–H groups in total. The average Bonchev–Trinajstić information content (AvgIpc) is 2.90. The number of nitrogen functional groups attached to an aromatic ring is 1. The Morgan fingerprint density at radius 1 is 1.19 bits per heavy atom. The molecule has 1 unspecified atom stereocenters. The summed E-state index contributed by atoms with van der Waals surface area (Å²) in [5.41, 5.74) is 6.03. The van der Waals surface area contributed by atoms with Crippen LogP contribution in [0.5, 0.6) is 0 Å². The molecule has 2 saturated heterocycles. The molecular weight excluding hydrogens is 284 g/mol. The second-order valence-corrected chi connectivity index (χ2v) is 7.08. The Morgan fingerprint density at radius 2 is 1.90 bits per heavy atom. The summed E-state index contributed by atoms with van der Waals surface area (Å²) >= 11 is 1.47. The predicted molar refractivity (Wildman–Crippen MR) is 86.9 cm³/mol. The number of amides is 1. The third-order valence-electron chi connectivity index (χ3n) is 4.53. The van der Waals surface area contributed by atoms with Crippen LogP contribution >= 0.6 is 11.3 Å². The van der Waals surface area contributed by atoms with Crippen molar-refractivity contribution in [1.82, 2.24) is 9.88 Å². The normalized spacial score (nSPS) is 23.4. The van der Waals surface area contributed by atoms with E-state index >= 15 is 0 Å². The summed E-state index contributed by atoms with van der Waals surface area (Å²) in [4.78, 5) is 22.0. The summed E-state index contributed by atoms with van der Waals surface area (Å²) < 4.78 is 0. The summed E-state index contributed by atoms with van der Waals surface area (Å²) in [6, 6.07) is 0.311. The van der Waals surface area contributed by atoms with Gasteiger partial charge in [0, 0.05) is 25.7 Å². The molecule has 3 rings (SSSR count). The molecule has 3 heterocycles. The molecule has 2 aliphatic heterocycles. The van der Waals surface area contributed by atoms with Gasteiger partial charge in [-0.2, -0.15) is 0 Å². The number of thiazole rings is 1. The number of rotatable bonds is 2. The van der Waals surface area contributed by atoms with Crippen molar-refractivity contribution in [2.24, 2.45) is 0 Å². The number of likely N-dealkylation sites (tertiary alicyclic amines) is 1. The van der Waals surface area contributed by atoms with Crippen molar-refractivity contribution in [3.8, 4) is 0 Å². The fourth-order valence-corrected chi connectivity index (χ4v) is 4.22. The van der Waals surface area contributed by atoms with Crippen LogP contribution in [0.1, 0.15) is 55.1 Å². The van der Waals surface area contributed by atoms with Crippen LogP contribution in [0.4, 0.5) is 10.9 Å². The maximum atomic E-state index is 12.7. The monoisotopic (exact) mass is 308 g/mol. The van der Waals surface area contributed by atoms with Crippen LogP contribution in [0.15, 0.2) is 0 Å². The van der Waals surface area contributed by atoms with Crippen molar-refractivity contribution in [3.63, 3.8) is 0 Å². The van der Waals surface area contributed by atoms with Gasteiger partial charge in [0.15, 0.2) is 5.13 Å². The standard InChI is InChI=1S/C15H24N4OS/c1-11-7-3-6-10-19(11)14(20)12-13(16)17-15(21-12)18-8-4-2-5-9-18/h11H,2-10,16H2,1H3. The molecule has 21 heavy (non-hydrogen) atoms. The summed E-state index contributed by atoms with van der Waals surface area (Å²) in [6.45, 7) is 5.03. The first-order valence-electron chi connectivity index (χ1n) is 7.99. The van der Waals surface area contributed by atoms with Crippen molar-refractivity contribution >= 4 is 28.2 Å². The Labute approximate surface area is 130 Å². The molecule has 2 aliphatic rings. The van der Waals surface area contributed by atoms with E-state index in [1.165, 1.54) is 37.0 Å². The maximum Gasteiger partial charge on any atom is 0.268 e. The van der Waals surface area contributed by atoms with Crippen LogP contribution in [-0.2, 0) is 0 Å². The average molecular weight is 308 g/mol. The van der Waals surface area contributed by atoms with Gasteiger partial charge in [0.2, 0.25) is 0 Å². The predicted octanol–water partition coefficient (Wildman–Crippen LogP) is 2.73. The fraction of sp³-hybridized carbons (Fsp3) is 0.733. The minimum absolute atomic E-state index is 0.0699. The molecule has 5 nitrogen and oxygen atoms in total. The van der Waals surface area contributed by atoms with E-state index in [4.69, 9.17) is 5.73 Å². The summed E-state index contributed by atoms with van der Waals surface area (Å²) in [7, 11) is 0. The molecule has 0 radical (unpaired) electrons. The number of anilines is 2. The van der Waals surface area contributed by atoms with Gasteiger partial charge < -0.3 is 15.5 Å². The van der Waals surface area contributed by atoms with Crippen LogP contribution in [0.2, 0.25) is 0 Å². The van der Waals surface area contributed by atoms with Gasteiger partial charge in [0.1, 0.15) is 10.7 Å². The van der Waals surface area contributed by atoms with Crippen LogP contribution < -0.4 is 10.6 Å². The van der Waals surface area contributed by atoms with E-state index in [1.807, 2.05) is 4.90 Å². The number of carbonyl (C=O) groups excluding carboxylic acids is 1. The number of nitrogens with two attached hydrogens (primary N) is 1. The van der Waals surface area contributed by atoms with E-state index in [2.05, 4.69) is 16.8 Å². The van der Waals surface area contributed by atoms with Crippen molar-refractivity contribution in [2.45, 2.75) is 51.5 Å². The van der Waals surface area contributed by atoms with E-state index in [-0.39, 0.29) is 5.91 Å². The third kappa shape index (κ3) is 3.00. The third-order valence-corrected chi connectivity index (χ3v) is 5.65. The van der Waals surface area contributed by atoms with Crippen LogP contribution in [0.25, 0.3) is 0 Å². The second-order valence-electron chi connectivity index (χ2n) is 6.10. The lowest BCUT2D eigenvalue weighted by atomic mass is 10.0. The van der Waals surface area contributed by atoms with Gasteiger partial charge in [0.05, 0.1) is 0 Å². The molecule has 1 aromatic heterocycles. The van der Waals surface area contributed by atoms with E-state index in [0.29, 0.717) is 16.7 Å². The highest BCUT2D eigenvalue weighted by atomic mass is 32.1. The van der Waals surface area contributed by atoms with Crippen molar-refractivity contribution in [3.05, 3.63) is 4.88 Å². The first kappa shape index (κ1) is 14.6. The molecule has 1 aromatic rings. The molecular formula is C15H24N4OS. The molecule has 1 amide bonds. The summed E-state index contributed by atoms with van der Waals surface area (Å²) in [6.07, 6.45) is 7.08. The van der Waals surface area contributed by atoms with Crippen molar-refractivity contribution in [2.75, 3.05) is 30.3 Å². The smallest absolute Gasteiger partial charge is 0.268 e. The van der Waals surface area contributed by atoms with E-state index in [0.717, 1.165) is 37.6 Å². The van der Waals surface area contributed by atoms with Gasteiger partial charge >= 0.3 is 0 Å². The Morgan fingerprint density at radius 3 is 2.62 bits per heavy atom. The molecule has 0 aliphatic carbocycles. The molecule has 0 bridgehead atoms. The topological polar surface area (TPSA) is 62.5 Å². The number of piperidine rings is 2. The van der Waals surface area contributed by atoms with Crippen molar-refractivity contribution in [1.29, 1.82) is 0 Å². The van der Waals surface area contributed by atoms with Gasteiger partial charge in [-0.15, -0.1) is 0 Å². The van der Waals surface area contributed by atoms with Gasteiger partial charge in [-0.25, -0.2) is 4.98 Å². The summed E-state index contributed by atoms with van der Waals surface area (Å²) in [5, 5.41) is 0.917. The Balaban J connectivity index is 1.78. The zero-order valence-corrected chi connectivity index (χ0v) is 13.5. The van der Waals surface area contributed by atoms with Gasteiger partial charge in [-0.3, -0.25) is 4.79 Å². The van der Waals surface area contributed by atoms with E-state index < -0.39 is 0 Å². The lowest BCUT2D eigenvalue weighted by molar-refractivity contribution is 0.0641. The lowest BCUT2D eigenvalue weighted by Crippen LogP contribution is -2.41. The minimum atomic E-state index is 0.0699. The fourth-order valence-electron chi connectivity index (χ4n) is 3.22. The molecule has 1 atom stereocenters. The zero-order valence-electron chi connectivity index (χ0n) is 12.7. The van der Waals surface area contributed by atoms with Crippen molar-refractivity contribution < 1.29 is 4.79 Å². The molecule has 0 aromatic carbocycles. The first-order valence-corrected chi connectivity index (χ1v) is 8.80. The number of aromatic nitrogens is 1. The molecule has 116 valence electrons. The molecule has 0 spiro atoms. The van der Waals surface area contributed by atoms with Gasteiger partial charge in [0.25, 0.3) is 5.91 Å². The molecule has 2 fully saturated rings. The first-order chi connectivity index (χ1) is 10.2. The number of nitrogens with zero attached hydrogens (tertiary/aromatic N) is 3. The largest absolute Gasteiger partial charge is 0.382 e. The Bertz CT molecular complexity index is 510. The van der Waals surface area contributed by atoms with Crippen LogP contribution in [-0.4, -0.2) is 41.5 Å².